The van der Waals surface area contributed by atoms with Gasteiger partial charge >= 0.3 is 6.03 Å². The molecular formula is C19H29FN4O. The van der Waals surface area contributed by atoms with Gasteiger partial charge in [-0.15, -0.1) is 0 Å². The lowest BCUT2D eigenvalue weighted by atomic mass is 10.0. The standard InChI is InChI=1S/C19H29FN4O/c1-2-23(16-7-8-16)14-11-21-19(25)24-12-9-15(10-13-24)22-18-6-4-3-5-17(18)20/h3-6,15-16,22H,2,7-14H2,1H3,(H,21,25). The number of hydrogen-bond donors (Lipinski definition) is 2. The summed E-state index contributed by atoms with van der Waals surface area (Å²) in [6.45, 7) is 6.27. The smallest absolute Gasteiger partial charge is 0.317 e. The molecular weight excluding hydrogens is 319 g/mol. The van der Waals surface area contributed by atoms with E-state index in [4.69, 9.17) is 0 Å². The van der Waals surface area contributed by atoms with E-state index in [1.807, 2.05) is 11.0 Å². The van der Waals surface area contributed by atoms with Crippen molar-refractivity contribution in [3.05, 3.63) is 30.1 Å². The zero-order chi connectivity index (χ0) is 17.6. The fraction of sp³-hybridized carbons (Fsp3) is 0.632. The number of rotatable bonds is 7. The van der Waals surface area contributed by atoms with Gasteiger partial charge in [0.05, 0.1) is 5.69 Å². The molecule has 1 heterocycles. The maximum Gasteiger partial charge on any atom is 0.317 e. The summed E-state index contributed by atoms with van der Waals surface area (Å²) in [6, 6.07) is 7.72. The quantitative estimate of drug-likeness (QED) is 0.796. The van der Waals surface area contributed by atoms with E-state index in [9.17, 15) is 9.18 Å². The second-order valence-electron chi connectivity index (χ2n) is 6.98. The average Bonchev–Trinajstić information content (AvgIpc) is 3.46. The topological polar surface area (TPSA) is 47.6 Å². The third-order valence-corrected chi connectivity index (χ3v) is 5.16. The Morgan fingerprint density at radius 2 is 1.96 bits per heavy atom. The Kier molecular flexibility index (Phi) is 6.13. The van der Waals surface area contributed by atoms with Gasteiger partial charge in [0.2, 0.25) is 0 Å². The highest BCUT2D eigenvalue weighted by Gasteiger charge is 2.28. The predicted octanol–water partition coefficient (Wildman–Crippen LogP) is 2.90. The highest BCUT2D eigenvalue weighted by Crippen LogP contribution is 2.25. The van der Waals surface area contributed by atoms with Crippen LogP contribution in [0.15, 0.2) is 24.3 Å². The number of anilines is 1. The second kappa shape index (κ2) is 8.52. The summed E-state index contributed by atoms with van der Waals surface area (Å²) >= 11 is 0. The van der Waals surface area contributed by atoms with Crippen LogP contribution in [0.25, 0.3) is 0 Å². The second-order valence-corrected chi connectivity index (χ2v) is 6.98. The number of likely N-dealkylation sites (tertiary alicyclic amines) is 1. The Hall–Kier alpha value is -1.82. The number of nitrogens with one attached hydrogen (secondary N) is 2. The summed E-state index contributed by atoms with van der Waals surface area (Å²) < 4.78 is 13.7. The molecule has 1 aliphatic carbocycles. The first-order valence-electron chi connectivity index (χ1n) is 9.45. The fourth-order valence-electron chi connectivity index (χ4n) is 3.48. The number of nitrogens with zero attached hydrogens (tertiary/aromatic N) is 2. The van der Waals surface area contributed by atoms with Gasteiger partial charge in [0.1, 0.15) is 5.82 Å². The van der Waals surface area contributed by atoms with E-state index in [-0.39, 0.29) is 17.9 Å². The van der Waals surface area contributed by atoms with Crippen LogP contribution in [0.2, 0.25) is 0 Å². The zero-order valence-electron chi connectivity index (χ0n) is 15.0. The summed E-state index contributed by atoms with van der Waals surface area (Å²) in [4.78, 5) is 16.6. The molecule has 0 spiro atoms. The molecule has 138 valence electrons. The van der Waals surface area contributed by atoms with Gasteiger partial charge in [-0.25, -0.2) is 9.18 Å². The molecule has 1 aromatic carbocycles. The van der Waals surface area contributed by atoms with Crippen molar-refractivity contribution in [2.24, 2.45) is 0 Å². The van der Waals surface area contributed by atoms with Gasteiger partial charge in [-0.1, -0.05) is 19.1 Å². The molecule has 2 aliphatic rings. The maximum atomic E-state index is 13.7. The zero-order valence-corrected chi connectivity index (χ0v) is 15.0. The Labute approximate surface area is 149 Å². The van der Waals surface area contributed by atoms with E-state index in [2.05, 4.69) is 22.5 Å². The molecule has 2 fully saturated rings. The van der Waals surface area contributed by atoms with Crippen molar-refractivity contribution in [1.29, 1.82) is 0 Å². The molecule has 0 aromatic heterocycles. The van der Waals surface area contributed by atoms with Crippen LogP contribution >= 0.6 is 0 Å². The minimum atomic E-state index is -0.223. The highest BCUT2D eigenvalue weighted by atomic mass is 19.1. The monoisotopic (exact) mass is 348 g/mol. The predicted molar refractivity (Wildman–Crippen MR) is 98.3 cm³/mol. The number of carbonyl (C=O) groups excluding carboxylic acids is 1. The van der Waals surface area contributed by atoms with Crippen LogP contribution in [0.1, 0.15) is 32.6 Å². The molecule has 0 atom stereocenters. The summed E-state index contributed by atoms with van der Waals surface area (Å²) in [5.74, 6) is -0.223. The minimum absolute atomic E-state index is 0.0243. The number of urea groups is 1. The molecule has 0 unspecified atom stereocenters. The maximum absolute atomic E-state index is 13.7. The van der Waals surface area contributed by atoms with Crippen molar-refractivity contribution in [3.63, 3.8) is 0 Å². The molecule has 25 heavy (non-hydrogen) atoms. The van der Waals surface area contributed by atoms with Crippen LogP contribution in [0.5, 0.6) is 0 Å². The van der Waals surface area contributed by atoms with E-state index in [1.165, 1.54) is 18.9 Å². The Morgan fingerprint density at radius 1 is 1.24 bits per heavy atom. The van der Waals surface area contributed by atoms with E-state index in [1.54, 1.807) is 12.1 Å². The molecule has 1 aromatic rings. The van der Waals surface area contributed by atoms with Gasteiger partial charge in [-0.05, 0) is 44.4 Å². The van der Waals surface area contributed by atoms with Crippen LogP contribution in [-0.2, 0) is 0 Å². The molecule has 3 rings (SSSR count). The van der Waals surface area contributed by atoms with Crippen LogP contribution in [0.3, 0.4) is 0 Å². The first kappa shape index (κ1) is 18.0. The van der Waals surface area contributed by atoms with E-state index >= 15 is 0 Å². The van der Waals surface area contributed by atoms with Crippen molar-refractivity contribution in [3.8, 4) is 0 Å². The molecule has 1 saturated heterocycles. The largest absolute Gasteiger partial charge is 0.380 e. The van der Waals surface area contributed by atoms with Gasteiger partial charge in [-0.2, -0.15) is 0 Å². The highest BCUT2D eigenvalue weighted by molar-refractivity contribution is 5.74. The fourth-order valence-corrected chi connectivity index (χ4v) is 3.48. The number of piperidine rings is 1. The van der Waals surface area contributed by atoms with E-state index in [0.29, 0.717) is 25.3 Å². The van der Waals surface area contributed by atoms with Gasteiger partial charge in [0.25, 0.3) is 0 Å². The number of hydrogen-bond acceptors (Lipinski definition) is 3. The molecule has 0 bridgehead atoms. The first-order valence-corrected chi connectivity index (χ1v) is 9.45. The lowest BCUT2D eigenvalue weighted by molar-refractivity contribution is 0.181. The summed E-state index contributed by atoms with van der Waals surface area (Å²) in [5.41, 5.74) is 0.546. The molecule has 5 nitrogen and oxygen atoms in total. The number of benzene rings is 1. The Bertz CT molecular complexity index is 570. The van der Waals surface area contributed by atoms with Gasteiger partial charge in [0, 0.05) is 38.3 Å². The third-order valence-electron chi connectivity index (χ3n) is 5.16. The first-order chi connectivity index (χ1) is 12.2. The van der Waals surface area contributed by atoms with Crippen molar-refractivity contribution in [2.75, 3.05) is 38.0 Å². The van der Waals surface area contributed by atoms with Crippen molar-refractivity contribution < 1.29 is 9.18 Å². The molecule has 1 aliphatic heterocycles. The van der Waals surface area contributed by atoms with E-state index in [0.717, 1.165) is 32.0 Å². The number of carbonyl (C=O) groups is 1. The molecule has 2 N–H and O–H groups in total. The van der Waals surface area contributed by atoms with Crippen molar-refractivity contribution in [1.82, 2.24) is 15.1 Å². The van der Waals surface area contributed by atoms with Gasteiger partial charge in [0.15, 0.2) is 0 Å². The molecule has 6 heteroatoms. The van der Waals surface area contributed by atoms with Crippen molar-refractivity contribution >= 4 is 11.7 Å². The molecule has 0 radical (unpaired) electrons. The number of amides is 2. The lowest BCUT2D eigenvalue weighted by Crippen LogP contribution is -2.48. The lowest BCUT2D eigenvalue weighted by Gasteiger charge is -2.33. The molecule has 2 amide bonds. The van der Waals surface area contributed by atoms with E-state index < -0.39 is 0 Å². The van der Waals surface area contributed by atoms with Crippen LogP contribution in [0.4, 0.5) is 14.9 Å². The minimum Gasteiger partial charge on any atom is -0.380 e. The van der Waals surface area contributed by atoms with Crippen LogP contribution in [-0.4, -0.2) is 60.6 Å². The van der Waals surface area contributed by atoms with Crippen LogP contribution in [0, 0.1) is 5.82 Å². The van der Waals surface area contributed by atoms with Gasteiger partial charge < -0.3 is 15.5 Å². The average molecular weight is 348 g/mol. The summed E-state index contributed by atoms with van der Waals surface area (Å²) in [5, 5.41) is 6.29. The van der Waals surface area contributed by atoms with Crippen molar-refractivity contribution in [2.45, 2.75) is 44.7 Å². The number of halogens is 1. The van der Waals surface area contributed by atoms with Gasteiger partial charge in [-0.3, -0.25) is 4.90 Å². The summed E-state index contributed by atoms with van der Waals surface area (Å²) in [6.07, 6.45) is 4.27. The molecule has 1 saturated carbocycles. The third kappa shape index (κ3) is 5.08. The van der Waals surface area contributed by atoms with Crippen LogP contribution < -0.4 is 10.6 Å². The Morgan fingerprint density at radius 3 is 2.60 bits per heavy atom. The normalized spacial score (nSPS) is 18.4. The number of para-hydroxylation sites is 1. The number of likely N-dealkylation sites (N-methyl/N-ethyl adjacent to an activating group) is 1. The summed E-state index contributed by atoms with van der Waals surface area (Å²) in [7, 11) is 0. The SMILES string of the molecule is CCN(CCNC(=O)N1CCC(Nc2ccccc2F)CC1)C1CC1. The Balaban J connectivity index is 1.36.